The van der Waals surface area contributed by atoms with Crippen molar-refractivity contribution >= 4 is 17.3 Å². The number of hydrogen-bond acceptors (Lipinski definition) is 6. The van der Waals surface area contributed by atoms with E-state index in [0.717, 1.165) is 38.4 Å². The number of ether oxygens (including phenoxy) is 3. The molecule has 7 nitrogen and oxygen atoms in total. The number of nitrogens with zero attached hydrogens (tertiary/aromatic N) is 2. The zero-order valence-electron chi connectivity index (χ0n) is 17.5. The number of amides is 1. The monoisotopic (exact) mass is 399 g/mol. The summed E-state index contributed by atoms with van der Waals surface area (Å²) in [6.45, 7) is 7.48. The van der Waals surface area contributed by atoms with Crippen LogP contribution in [-0.2, 0) is 0 Å². The van der Waals surface area contributed by atoms with Gasteiger partial charge in [-0.3, -0.25) is 4.79 Å². The molecule has 1 amide bonds. The van der Waals surface area contributed by atoms with Crippen LogP contribution in [0.25, 0.3) is 0 Å². The van der Waals surface area contributed by atoms with Crippen LogP contribution in [0, 0.1) is 0 Å². The van der Waals surface area contributed by atoms with Gasteiger partial charge < -0.3 is 29.3 Å². The minimum Gasteiger partial charge on any atom is -0.493 e. The van der Waals surface area contributed by atoms with Crippen molar-refractivity contribution in [2.45, 2.75) is 6.92 Å². The standard InChI is InChI=1S/C22H29N3O4/c1-5-24-12-14-25(15-13-24)17-8-6-16(7-9-17)23-22(26)18-10-11-19(27-2)21(29-4)20(18)28-3/h6-11H,5,12-15H2,1-4H3,(H,23,26). The second-order valence-corrected chi connectivity index (χ2v) is 6.80. The Balaban J connectivity index is 1.71. The first kappa shape index (κ1) is 20.8. The van der Waals surface area contributed by atoms with Crippen LogP contribution in [0.15, 0.2) is 36.4 Å². The largest absolute Gasteiger partial charge is 0.493 e. The number of likely N-dealkylation sites (N-methyl/N-ethyl adjacent to an activating group) is 1. The summed E-state index contributed by atoms with van der Waals surface area (Å²) in [4.78, 5) is 17.6. The number of nitrogens with one attached hydrogen (secondary N) is 1. The SMILES string of the molecule is CCN1CCN(c2ccc(NC(=O)c3ccc(OC)c(OC)c3OC)cc2)CC1. The van der Waals surface area contributed by atoms with Crippen molar-refractivity contribution in [3.05, 3.63) is 42.0 Å². The maximum Gasteiger partial charge on any atom is 0.259 e. The Bertz CT molecular complexity index is 831. The third-order valence-corrected chi connectivity index (χ3v) is 5.26. The Hall–Kier alpha value is -2.93. The van der Waals surface area contributed by atoms with Gasteiger partial charge in [0.2, 0.25) is 5.75 Å². The summed E-state index contributed by atoms with van der Waals surface area (Å²) in [5.41, 5.74) is 2.27. The van der Waals surface area contributed by atoms with E-state index in [-0.39, 0.29) is 5.91 Å². The molecule has 29 heavy (non-hydrogen) atoms. The molecule has 0 atom stereocenters. The molecule has 0 radical (unpaired) electrons. The summed E-state index contributed by atoms with van der Waals surface area (Å²) >= 11 is 0. The minimum atomic E-state index is -0.271. The van der Waals surface area contributed by atoms with Crippen LogP contribution in [0.5, 0.6) is 17.2 Å². The Morgan fingerprint density at radius 1 is 0.897 bits per heavy atom. The molecular weight excluding hydrogens is 370 g/mol. The third kappa shape index (κ3) is 4.56. The summed E-state index contributed by atoms with van der Waals surface area (Å²) in [6.07, 6.45) is 0. The lowest BCUT2D eigenvalue weighted by Crippen LogP contribution is -2.46. The van der Waals surface area contributed by atoms with Gasteiger partial charge in [-0.25, -0.2) is 0 Å². The molecular formula is C22H29N3O4. The molecule has 0 unspecified atom stereocenters. The van der Waals surface area contributed by atoms with Gasteiger partial charge in [0.1, 0.15) is 0 Å². The van der Waals surface area contributed by atoms with Crippen LogP contribution in [0.2, 0.25) is 0 Å². The fraction of sp³-hybridized carbons (Fsp3) is 0.409. The van der Waals surface area contributed by atoms with Gasteiger partial charge in [-0.15, -0.1) is 0 Å². The van der Waals surface area contributed by atoms with Crippen LogP contribution < -0.4 is 24.4 Å². The summed E-state index contributed by atoms with van der Waals surface area (Å²) in [5, 5.41) is 2.93. The first-order valence-corrected chi connectivity index (χ1v) is 9.79. The lowest BCUT2D eigenvalue weighted by Gasteiger charge is -2.35. The molecule has 0 spiro atoms. The second-order valence-electron chi connectivity index (χ2n) is 6.80. The highest BCUT2D eigenvalue weighted by Gasteiger charge is 2.21. The molecule has 2 aromatic carbocycles. The minimum absolute atomic E-state index is 0.271. The van der Waals surface area contributed by atoms with E-state index in [4.69, 9.17) is 14.2 Å². The predicted octanol–water partition coefficient (Wildman–Crippen LogP) is 3.11. The molecule has 7 heteroatoms. The fourth-order valence-corrected chi connectivity index (χ4v) is 3.56. The van der Waals surface area contributed by atoms with Gasteiger partial charge in [-0.05, 0) is 42.9 Å². The molecule has 3 rings (SSSR count). The number of piperazine rings is 1. The topological polar surface area (TPSA) is 63.3 Å². The second kappa shape index (κ2) is 9.52. The molecule has 156 valence electrons. The molecule has 1 aliphatic rings. The van der Waals surface area contributed by atoms with Gasteiger partial charge in [0, 0.05) is 37.6 Å². The molecule has 1 N–H and O–H groups in total. The lowest BCUT2D eigenvalue weighted by atomic mass is 10.1. The van der Waals surface area contributed by atoms with Crippen molar-refractivity contribution in [3.63, 3.8) is 0 Å². The van der Waals surface area contributed by atoms with E-state index in [1.165, 1.54) is 19.9 Å². The van der Waals surface area contributed by atoms with Crippen molar-refractivity contribution in [3.8, 4) is 17.2 Å². The van der Waals surface area contributed by atoms with Crippen LogP contribution >= 0.6 is 0 Å². The van der Waals surface area contributed by atoms with Gasteiger partial charge >= 0.3 is 0 Å². The van der Waals surface area contributed by atoms with Crippen LogP contribution in [-0.4, -0.2) is 64.9 Å². The molecule has 1 heterocycles. The lowest BCUT2D eigenvalue weighted by molar-refractivity contribution is 0.102. The van der Waals surface area contributed by atoms with Crippen LogP contribution in [0.4, 0.5) is 11.4 Å². The van der Waals surface area contributed by atoms with E-state index < -0.39 is 0 Å². The smallest absolute Gasteiger partial charge is 0.259 e. The van der Waals surface area contributed by atoms with Crippen molar-refractivity contribution in [2.75, 3.05) is 64.3 Å². The fourth-order valence-electron chi connectivity index (χ4n) is 3.56. The Labute approximate surface area is 172 Å². The van der Waals surface area contributed by atoms with E-state index in [9.17, 15) is 4.79 Å². The molecule has 0 aromatic heterocycles. The number of benzene rings is 2. The van der Waals surface area contributed by atoms with Gasteiger partial charge in [0.15, 0.2) is 11.5 Å². The number of anilines is 2. The number of carbonyl (C=O) groups is 1. The summed E-state index contributed by atoms with van der Waals surface area (Å²) in [6, 6.07) is 11.3. The van der Waals surface area contributed by atoms with Gasteiger partial charge in [-0.1, -0.05) is 6.92 Å². The van der Waals surface area contributed by atoms with E-state index in [1.54, 1.807) is 19.2 Å². The maximum absolute atomic E-state index is 12.8. The van der Waals surface area contributed by atoms with Gasteiger partial charge in [0.05, 0.1) is 26.9 Å². The molecule has 0 bridgehead atoms. The van der Waals surface area contributed by atoms with E-state index in [1.807, 2.05) is 24.3 Å². The molecule has 2 aromatic rings. The Morgan fingerprint density at radius 3 is 2.10 bits per heavy atom. The quantitative estimate of drug-likeness (QED) is 0.772. The Morgan fingerprint density at radius 2 is 1.55 bits per heavy atom. The number of methoxy groups -OCH3 is 3. The maximum atomic E-state index is 12.8. The van der Waals surface area contributed by atoms with Crippen molar-refractivity contribution in [1.29, 1.82) is 0 Å². The molecule has 1 saturated heterocycles. The number of rotatable bonds is 7. The number of carbonyl (C=O) groups excluding carboxylic acids is 1. The van der Waals surface area contributed by atoms with Crippen LogP contribution in [0.1, 0.15) is 17.3 Å². The first-order valence-electron chi connectivity index (χ1n) is 9.79. The van der Waals surface area contributed by atoms with E-state index in [0.29, 0.717) is 22.8 Å². The first-order chi connectivity index (χ1) is 14.1. The van der Waals surface area contributed by atoms with Crippen molar-refractivity contribution in [2.24, 2.45) is 0 Å². The summed E-state index contributed by atoms with van der Waals surface area (Å²) in [5.74, 6) is 0.972. The zero-order valence-corrected chi connectivity index (χ0v) is 17.5. The molecule has 1 aliphatic heterocycles. The van der Waals surface area contributed by atoms with Gasteiger partial charge in [0.25, 0.3) is 5.91 Å². The zero-order chi connectivity index (χ0) is 20.8. The highest BCUT2D eigenvalue weighted by Crippen LogP contribution is 2.40. The number of hydrogen-bond donors (Lipinski definition) is 1. The summed E-state index contributed by atoms with van der Waals surface area (Å²) < 4.78 is 16.0. The third-order valence-electron chi connectivity index (χ3n) is 5.26. The van der Waals surface area contributed by atoms with E-state index >= 15 is 0 Å². The average Bonchev–Trinajstić information content (AvgIpc) is 2.78. The van der Waals surface area contributed by atoms with Gasteiger partial charge in [-0.2, -0.15) is 0 Å². The van der Waals surface area contributed by atoms with Crippen molar-refractivity contribution < 1.29 is 19.0 Å². The van der Waals surface area contributed by atoms with Crippen molar-refractivity contribution in [1.82, 2.24) is 4.90 Å². The summed E-state index contributed by atoms with van der Waals surface area (Å²) in [7, 11) is 4.56. The van der Waals surface area contributed by atoms with E-state index in [2.05, 4.69) is 22.0 Å². The highest BCUT2D eigenvalue weighted by atomic mass is 16.5. The predicted molar refractivity (Wildman–Crippen MR) is 115 cm³/mol. The molecule has 0 saturated carbocycles. The highest BCUT2D eigenvalue weighted by molar-refractivity contribution is 6.07. The Kier molecular flexibility index (Phi) is 6.82. The average molecular weight is 399 g/mol. The molecule has 1 fully saturated rings. The van der Waals surface area contributed by atoms with Crippen LogP contribution in [0.3, 0.4) is 0 Å². The normalized spacial score (nSPS) is 14.4. The molecule has 0 aliphatic carbocycles.